The van der Waals surface area contributed by atoms with Gasteiger partial charge < -0.3 is 11.1 Å². The number of hydrogen-bond donors (Lipinski definition) is 2. The number of nitrogens with zero attached hydrogens (tertiary/aromatic N) is 2. The van der Waals surface area contributed by atoms with Crippen molar-refractivity contribution in [1.82, 2.24) is 15.1 Å². The van der Waals surface area contributed by atoms with Crippen LogP contribution in [0.15, 0.2) is 41.2 Å². The van der Waals surface area contributed by atoms with Crippen molar-refractivity contribution in [3.05, 3.63) is 58.0 Å². The SMILES string of the molecule is CCCCC(CN)NC(=O)c1nn(-c2ccccc2)c(C)cc1=O. The Balaban J connectivity index is 2.30. The third kappa shape index (κ3) is 4.29. The normalized spacial score (nSPS) is 12.0. The zero-order valence-corrected chi connectivity index (χ0v) is 14.2. The third-order valence-corrected chi connectivity index (χ3v) is 3.85. The topological polar surface area (TPSA) is 90.0 Å². The highest BCUT2D eigenvalue weighted by Gasteiger charge is 2.18. The summed E-state index contributed by atoms with van der Waals surface area (Å²) >= 11 is 0. The number of hydrogen-bond acceptors (Lipinski definition) is 4. The molecule has 128 valence electrons. The first-order chi connectivity index (χ1) is 11.6. The summed E-state index contributed by atoms with van der Waals surface area (Å²) in [5.74, 6) is -0.476. The summed E-state index contributed by atoms with van der Waals surface area (Å²) in [4.78, 5) is 24.6. The lowest BCUT2D eigenvalue weighted by Gasteiger charge is -2.17. The first kappa shape index (κ1) is 17.9. The molecule has 0 saturated carbocycles. The maximum Gasteiger partial charge on any atom is 0.276 e. The molecular formula is C18H24N4O2. The van der Waals surface area contributed by atoms with Crippen molar-refractivity contribution < 1.29 is 4.79 Å². The molecule has 0 aliphatic rings. The van der Waals surface area contributed by atoms with Crippen molar-refractivity contribution in [3.63, 3.8) is 0 Å². The number of carbonyl (C=O) groups excluding carboxylic acids is 1. The quantitative estimate of drug-likeness (QED) is 0.811. The number of carbonyl (C=O) groups is 1. The van der Waals surface area contributed by atoms with Gasteiger partial charge >= 0.3 is 0 Å². The van der Waals surface area contributed by atoms with Crippen LogP contribution in [0.3, 0.4) is 0 Å². The largest absolute Gasteiger partial charge is 0.347 e. The predicted octanol–water partition coefficient (Wildman–Crippen LogP) is 1.79. The molecular weight excluding hydrogens is 304 g/mol. The predicted molar refractivity (Wildman–Crippen MR) is 94.4 cm³/mol. The van der Waals surface area contributed by atoms with Crippen molar-refractivity contribution in [2.24, 2.45) is 5.73 Å². The Labute approximate surface area is 141 Å². The van der Waals surface area contributed by atoms with Gasteiger partial charge in [-0.1, -0.05) is 38.0 Å². The van der Waals surface area contributed by atoms with Gasteiger partial charge in [-0.2, -0.15) is 5.10 Å². The molecule has 0 bridgehead atoms. The van der Waals surface area contributed by atoms with Crippen molar-refractivity contribution in [1.29, 1.82) is 0 Å². The van der Waals surface area contributed by atoms with Gasteiger partial charge in [0.25, 0.3) is 5.91 Å². The molecule has 1 atom stereocenters. The average molecular weight is 328 g/mol. The van der Waals surface area contributed by atoms with Crippen LogP contribution in [0, 0.1) is 6.92 Å². The fraction of sp³-hybridized carbons (Fsp3) is 0.389. The second-order valence-electron chi connectivity index (χ2n) is 5.79. The van der Waals surface area contributed by atoms with Gasteiger partial charge in [0.05, 0.1) is 5.69 Å². The van der Waals surface area contributed by atoms with E-state index in [0.717, 1.165) is 24.9 Å². The summed E-state index contributed by atoms with van der Waals surface area (Å²) in [6, 6.07) is 10.7. The number of aromatic nitrogens is 2. The number of benzene rings is 1. The minimum absolute atomic E-state index is 0.112. The summed E-state index contributed by atoms with van der Waals surface area (Å²) in [6.07, 6.45) is 2.78. The summed E-state index contributed by atoms with van der Waals surface area (Å²) in [5, 5.41) is 7.08. The number of amides is 1. The molecule has 1 aromatic carbocycles. The molecule has 1 heterocycles. The van der Waals surface area contributed by atoms with E-state index in [-0.39, 0.29) is 17.2 Å². The van der Waals surface area contributed by atoms with Gasteiger partial charge in [-0.05, 0) is 25.5 Å². The van der Waals surface area contributed by atoms with E-state index in [0.29, 0.717) is 12.2 Å². The molecule has 1 unspecified atom stereocenters. The molecule has 6 nitrogen and oxygen atoms in total. The van der Waals surface area contributed by atoms with E-state index in [1.54, 1.807) is 11.6 Å². The van der Waals surface area contributed by atoms with Gasteiger partial charge in [-0.15, -0.1) is 0 Å². The van der Waals surface area contributed by atoms with Crippen molar-refractivity contribution >= 4 is 5.91 Å². The lowest BCUT2D eigenvalue weighted by molar-refractivity contribution is 0.0927. The van der Waals surface area contributed by atoms with Gasteiger partial charge in [0, 0.05) is 24.3 Å². The minimum Gasteiger partial charge on any atom is -0.347 e. The van der Waals surface area contributed by atoms with E-state index < -0.39 is 5.91 Å². The van der Waals surface area contributed by atoms with E-state index in [9.17, 15) is 9.59 Å². The van der Waals surface area contributed by atoms with Gasteiger partial charge in [-0.25, -0.2) is 4.68 Å². The van der Waals surface area contributed by atoms with Crippen molar-refractivity contribution in [2.75, 3.05) is 6.54 Å². The van der Waals surface area contributed by atoms with E-state index in [4.69, 9.17) is 5.73 Å². The Morgan fingerprint density at radius 3 is 2.67 bits per heavy atom. The summed E-state index contributed by atoms with van der Waals surface area (Å²) in [6.45, 7) is 4.20. The number of unbranched alkanes of at least 4 members (excludes halogenated alkanes) is 1. The lowest BCUT2D eigenvalue weighted by Crippen LogP contribution is -2.42. The summed E-state index contributed by atoms with van der Waals surface area (Å²) in [7, 11) is 0. The van der Waals surface area contributed by atoms with Crippen LogP contribution in [-0.2, 0) is 0 Å². The molecule has 0 saturated heterocycles. The fourth-order valence-corrected chi connectivity index (χ4v) is 2.49. The molecule has 0 radical (unpaired) electrons. The first-order valence-electron chi connectivity index (χ1n) is 8.24. The standard InChI is InChI=1S/C18H24N4O2/c1-3-4-8-14(12-19)20-18(24)17-16(23)11-13(2)22(21-17)15-9-6-5-7-10-15/h5-7,9-11,14H,3-4,8,12,19H2,1-2H3,(H,20,24). The molecule has 3 N–H and O–H groups in total. The van der Waals surface area contributed by atoms with Crippen molar-refractivity contribution in [3.8, 4) is 5.69 Å². The number of aryl methyl sites for hydroxylation is 1. The molecule has 0 fully saturated rings. The Hall–Kier alpha value is -2.47. The molecule has 1 aromatic heterocycles. The van der Waals surface area contributed by atoms with E-state index in [1.807, 2.05) is 30.3 Å². The lowest BCUT2D eigenvalue weighted by atomic mass is 10.1. The highest BCUT2D eigenvalue weighted by Crippen LogP contribution is 2.08. The van der Waals surface area contributed by atoms with Crippen LogP contribution in [0.5, 0.6) is 0 Å². The Bertz CT molecular complexity index is 740. The summed E-state index contributed by atoms with van der Waals surface area (Å²) < 4.78 is 1.60. The molecule has 1 amide bonds. The molecule has 24 heavy (non-hydrogen) atoms. The average Bonchev–Trinajstić information content (AvgIpc) is 2.59. The van der Waals surface area contributed by atoms with Gasteiger partial charge in [-0.3, -0.25) is 9.59 Å². The monoisotopic (exact) mass is 328 g/mol. The highest BCUT2D eigenvalue weighted by atomic mass is 16.2. The molecule has 2 rings (SSSR count). The van der Waals surface area contributed by atoms with Crippen LogP contribution in [0.4, 0.5) is 0 Å². The van der Waals surface area contributed by atoms with Crippen LogP contribution in [0.1, 0.15) is 42.4 Å². The van der Waals surface area contributed by atoms with Gasteiger partial charge in [0.15, 0.2) is 5.69 Å². The first-order valence-corrected chi connectivity index (χ1v) is 8.24. The molecule has 2 aromatic rings. The summed E-state index contributed by atoms with van der Waals surface area (Å²) in [5.41, 5.74) is 6.67. The smallest absolute Gasteiger partial charge is 0.276 e. The maximum absolute atomic E-state index is 12.5. The zero-order valence-electron chi connectivity index (χ0n) is 14.2. The van der Waals surface area contributed by atoms with Crippen LogP contribution in [0.2, 0.25) is 0 Å². The van der Waals surface area contributed by atoms with E-state index in [1.165, 1.54) is 6.07 Å². The molecule has 0 aliphatic heterocycles. The fourth-order valence-electron chi connectivity index (χ4n) is 2.49. The number of rotatable bonds is 7. The zero-order chi connectivity index (χ0) is 17.5. The maximum atomic E-state index is 12.5. The molecule has 0 aliphatic carbocycles. The Morgan fingerprint density at radius 2 is 2.04 bits per heavy atom. The van der Waals surface area contributed by atoms with Gasteiger partial charge in [0.2, 0.25) is 5.43 Å². The third-order valence-electron chi connectivity index (χ3n) is 3.85. The van der Waals surface area contributed by atoms with Gasteiger partial charge in [0.1, 0.15) is 0 Å². The molecule has 6 heteroatoms. The Morgan fingerprint density at radius 1 is 1.33 bits per heavy atom. The van der Waals surface area contributed by atoms with Crippen LogP contribution >= 0.6 is 0 Å². The van der Waals surface area contributed by atoms with Crippen LogP contribution in [0.25, 0.3) is 5.69 Å². The number of nitrogens with two attached hydrogens (primary N) is 1. The van der Waals surface area contributed by atoms with Crippen LogP contribution < -0.4 is 16.5 Å². The minimum atomic E-state index is -0.476. The van der Waals surface area contributed by atoms with E-state index >= 15 is 0 Å². The van der Waals surface area contributed by atoms with Crippen molar-refractivity contribution in [2.45, 2.75) is 39.2 Å². The number of nitrogens with one attached hydrogen (secondary N) is 1. The van der Waals surface area contributed by atoms with E-state index in [2.05, 4.69) is 17.3 Å². The highest BCUT2D eigenvalue weighted by molar-refractivity contribution is 5.92. The Kier molecular flexibility index (Phi) is 6.26. The second-order valence-corrected chi connectivity index (χ2v) is 5.79. The number of para-hydroxylation sites is 1. The van der Waals surface area contributed by atoms with Crippen LogP contribution in [-0.4, -0.2) is 28.3 Å². The molecule has 0 spiro atoms. The second kappa shape index (κ2) is 8.40.